The molecule has 0 spiro atoms. The van der Waals surface area contributed by atoms with Gasteiger partial charge in [0.15, 0.2) is 5.78 Å². The van der Waals surface area contributed by atoms with Crippen LogP contribution in [0.1, 0.15) is 17.3 Å². The van der Waals surface area contributed by atoms with E-state index in [1.54, 1.807) is 6.92 Å². The molecule has 0 aromatic heterocycles. The Hall–Kier alpha value is -1.74. The van der Waals surface area contributed by atoms with Crippen LogP contribution in [-0.4, -0.2) is 5.78 Å². The number of hydrogen-bond donors (Lipinski definition) is 2. The maximum absolute atomic E-state index is 11.3. The van der Waals surface area contributed by atoms with E-state index in [2.05, 4.69) is 12.6 Å². The third-order valence-corrected chi connectivity index (χ3v) is 3.04. The van der Waals surface area contributed by atoms with Gasteiger partial charge in [-0.3, -0.25) is 4.79 Å². The second kappa shape index (κ2) is 4.63. The van der Waals surface area contributed by atoms with Gasteiger partial charge in [-0.1, -0.05) is 24.3 Å². The van der Waals surface area contributed by atoms with Crippen LogP contribution in [0.3, 0.4) is 0 Å². The molecule has 0 bridgehead atoms. The molecule has 0 saturated carbocycles. The minimum Gasteiger partial charge on any atom is -0.398 e. The van der Waals surface area contributed by atoms with Crippen molar-refractivity contribution >= 4 is 24.1 Å². The Balaban J connectivity index is 2.49. The number of Topliss-reactive ketones (excluding diaryl/α,β-unsaturated/α-hetero) is 1. The Morgan fingerprint density at radius 2 is 1.82 bits per heavy atom. The summed E-state index contributed by atoms with van der Waals surface area (Å²) in [4.78, 5) is 12.1. The van der Waals surface area contributed by atoms with Crippen LogP contribution in [0.2, 0.25) is 0 Å². The molecule has 0 aliphatic heterocycles. The number of rotatable bonds is 2. The number of carbonyl (C=O) groups excluding carboxylic acids is 1. The lowest BCUT2D eigenvalue weighted by Gasteiger charge is -2.06. The Bertz CT molecular complexity index is 578. The van der Waals surface area contributed by atoms with Crippen molar-refractivity contribution in [1.82, 2.24) is 0 Å². The highest BCUT2D eigenvalue weighted by Gasteiger charge is 2.04. The van der Waals surface area contributed by atoms with Crippen LogP contribution in [0.5, 0.6) is 0 Å². The van der Waals surface area contributed by atoms with Gasteiger partial charge in [-0.25, -0.2) is 0 Å². The molecule has 0 radical (unpaired) electrons. The van der Waals surface area contributed by atoms with E-state index in [9.17, 15) is 4.79 Å². The van der Waals surface area contributed by atoms with Crippen molar-refractivity contribution in [2.45, 2.75) is 11.8 Å². The summed E-state index contributed by atoms with van der Waals surface area (Å²) >= 11 is 4.23. The lowest BCUT2D eigenvalue weighted by Crippen LogP contribution is -1.92. The molecule has 0 atom stereocenters. The van der Waals surface area contributed by atoms with Crippen LogP contribution >= 0.6 is 12.6 Å². The average molecular weight is 243 g/mol. The summed E-state index contributed by atoms with van der Waals surface area (Å²) in [5, 5.41) is 0. The highest BCUT2D eigenvalue weighted by Crippen LogP contribution is 2.26. The molecule has 0 amide bonds. The molecule has 0 unspecified atom stereocenters. The SMILES string of the molecule is CC(=O)c1cccc(-c2ccc(S)c(N)c2)c1. The second-order valence-electron chi connectivity index (χ2n) is 3.91. The maximum Gasteiger partial charge on any atom is 0.159 e. The molecule has 2 N–H and O–H groups in total. The van der Waals surface area contributed by atoms with Crippen molar-refractivity contribution in [3.05, 3.63) is 48.0 Å². The van der Waals surface area contributed by atoms with Gasteiger partial charge in [0.2, 0.25) is 0 Å². The van der Waals surface area contributed by atoms with Crippen molar-refractivity contribution in [3.8, 4) is 11.1 Å². The molecule has 0 fully saturated rings. The Kier molecular flexibility index (Phi) is 3.20. The molecule has 0 aliphatic rings. The first-order chi connectivity index (χ1) is 8.08. The first-order valence-electron chi connectivity index (χ1n) is 5.28. The highest BCUT2D eigenvalue weighted by atomic mass is 32.1. The highest BCUT2D eigenvalue weighted by molar-refractivity contribution is 7.80. The molecule has 2 aromatic rings. The fourth-order valence-electron chi connectivity index (χ4n) is 1.65. The molecule has 86 valence electrons. The fourth-order valence-corrected chi connectivity index (χ4v) is 1.79. The fraction of sp³-hybridized carbons (Fsp3) is 0.0714. The van der Waals surface area contributed by atoms with Crippen LogP contribution in [0, 0.1) is 0 Å². The number of nitrogen functional groups attached to an aromatic ring is 1. The summed E-state index contributed by atoms with van der Waals surface area (Å²) in [6.07, 6.45) is 0. The van der Waals surface area contributed by atoms with E-state index in [1.807, 2.05) is 42.5 Å². The Morgan fingerprint density at radius 1 is 1.12 bits per heavy atom. The summed E-state index contributed by atoms with van der Waals surface area (Å²) in [6.45, 7) is 1.56. The molecule has 0 heterocycles. The van der Waals surface area contributed by atoms with E-state index in [0.29, 0.717) is 11.3 Å². The van der Waals surface area contributed by atoms with Gasteiger partial charge < -0.3 is 5.73 Å². The summed E-state index contributed by atoms with van der Waals surface area (Å²) in [5.41, 5.74) is 9.13. The minimum absolute atomic E-state index is 0.0608. The molecule has 2 rings (SSSR count). The lowest BCUT2D eigenvalue weighted by molar-refractivity contribution is 0.101. The number of hydrogen-bond acceptors (Lipinski definition) is 3. The van der Waals surface area contributed by atoms with Gasteiger partial charge in [-0.05, 0) is 36.2 Å². The van der Waals surface area contributed by atoms with Gasteiger partial charge in [-0.2, -0.15) is 0 Å². The smallest absolute Gasteiger partial charge is 0.159 e. The third kappa shape index (κ3) is 2.50. The number of ketones is 1. The van der Waals surface area contributed by atoms with Crippen molar-refractivity contribution in [1.29, 1.82) is 0 Å². The van der Waals surface area contributed by atoms with Crippen LogP contribution < -0.4 is 5.73 Å². The van der Waals surface area contributed by atoms with Gasteiger partial charge in [-0.15, -0.1) is 12.6 Å². The number of carbonyl (C=O) groups is 1. The van der Waals surface area contributed by atoms with Gasteiger partial charge in [0.05, 0.1) is 0 Å². The molecule has 17 heavy (non-hydrogen) atoms. The predicted octanol–water partition coefficient (Wildman–Crippen LogP) is 3.43. The Labute approximate surface area is 106 Å². The quantitative estimate of drug-likeness (QED) is 0.482. The standard InChI is InChI=1S/C14H13NOS/c1-9(16)10-3-2-4-11(7-10)12-5-6-14(17)13(15)8-12/h2-8,17H,15H2,1H3. The summed E-state index contributed by atoms with van der Waals surface area (Å²) in [5.74, 6) is 0.0608. The number of nitrogens with two attached hydrogens (primary N) is 1. The summed E-state index contributed by atoms with van der Waals surface area (Å²) in [7, 11) is 0. The molecular formula is C14H13NOS. The van der Waals surface area contributed by atoms with Gasteiger partial charge in [0.25, 0.3) is 0 Å². The molecule has 2 nitrogen and oxygen atoms in total. The molecule has 2 aromatic carbocycles. The van der Waals surface area contributed by atoms with Crippen molar-refractivity contribution in [2.75, 3.05) is 5.73 Å². The summed E-state index contributed by atoms with van der Waals surface area (Å²) in [6, 6.07) is 13.2. The first-order valence-corrected chi connectivity index (χ1v) is 5.72. The lowest BCUT2D eigenvalue weighted by atomic mass is 10.0. The average Bonchev–Trinajstić information content (AvgIpc) is 2.33. The van der Waals surface area contributed by atoms with Crippen molar-refractivity contribution in [3.63, 3.8) is 0 Å². The number of anilines is 1. The van der Waals surface area contributed by atoms with E-state index in [4.69, 9.17) is 5.73 Å². The largest absolute Gasteiger partial charge is 0.398 e. The van der Waals surface area contributed by atoms with Gasteiger partial charge >= 0.3 is 0 Å². The monoisotopic (exact) mass is 243 g/mol. The zero-order chi connectivity index (χ0) is 12.4. The van der Waals surface area contributed by atoms with Gasteiger partial charge in [0, 0.05) is 16.1 Å². The van der Waals surface area contributed by atoms with Crippen molar-refractivity contribution < 1.29 is 4.79 Å². The van der Waals surface area contributed by atoms with Crippen LogP contribution in [-0.2, 0) is 0 Å². The normalized spacial score (nSPS) is 10.2. The summed E-state index contributed by atoms with van der Waals surface area (Å²) < 4.78 is 0. The van der Waals surface area contributed by atoms with Crippen LogP contribution in [0.15, 0.2) is 47.4 Å². The number of benzene rings is 2. The van der Waals surface area contributed by atoms with Crippen molar-refractivity contribution in [2.24, 2.45) is 0 Å². The van der Waals surface area contributed by atoms with E-state index in [1.165, 1.54) is 0 Å². The molecule has 0 saturated heterocycles. The van der Waals surface area contributed by atoms with Gasteiger partial charge in [0.1, 0.15) is 0 Å². The Morgan fingerprint density at radius 3 is 2.47 bits per heavy atom. The third-order valence-electron chi connectivity index (χ3n) is 2.63. The predicted molar refractivity (Wildman–Crippen MR) is 73.5 cm³/mol. The van der Waals surface area contributed by atoms with E-state index < -0.39 is 0 Å². The van der Waals surface area contributed by atoms with Crippen LogP contribution in [0.4, 0.5) is 5.69 Å². The number of thiol groups is 1. The molecule has 3 heteroatoms. The van der Waals surface area contributed by atoms with E-state index in [-0.39, 0.29) is 5.78 Å². The van der Waals surface area contributed by atoms with Crippen LogP contribution in [0.25, 0.3) is 11.1 Å². The zero-order valence-electron chi connectivity index (χ0n) is 9.47. The zero-order valence-corrected chi connectivity index (χ0v) is 10.4. The first kappa shape index (κ1) is 11.7. The maximum atomic E-state index is 11.3. The topological polar surface area (TPSA) is 43.1 Å². The minimum atomic E-state index is 0.0608. The van der Waals surface area contributed by atoms with E-state index >= 15 is 0 Å². The molecular weight excluding hydrogens is 230 g/mol. The second-order valence-corrected chi connectivity index (χ2v) is 4.39. The van der Waals surface area contributed by atoms with E-state index in [0.717, 1.165) is 16.0 Å². The molecule has 0 aliphatic carbocycles.